The number of aryl methyl sites for hydroxylation is 1. The molecule has 24 heavy (non-hydrogen) atoms. The Hall–Kier alpha value is -2.44. The highest BCUT2D eigenvalue weighted by Gasteiger charge is 2.47. The molecule has 0 aliphatic carbocycles. The third kappa shape index (κ3) is 3.72. The number of nitrogens with zero attached hydrogens (tertiary/aromatic N) is 1. The highest BCUT2D eigenvalue weighted by molar-refractivity contribution is 6.09. The Balaban J connectivity index is 2.03. The number of hydrogen-bond acceptors (Lipinski definition) is 3. The van der Waals surface area contributed by atoms with Crippen molar-refractivity contribution in [3.63, 3.8) is 0 Å². The maximum Gasteiger partial charge on any atom is 0.325 e. The van der Waals surface area contributed by atoms with Crippen molar-refractivity contribution in [3.8, 4) is 0 Å². The molecule has 4 amide bonds. The van der Waals surface area contributed by atoms with Gasteiger partial charge in [-0.3, -0.25) is 14.5 Å². The third-order valence-corrected chi connectivity index (χ3v) is 4.14. The molecule has 0 saturated carbocycles. The van der Waals surface area contributed by atoms with Crippen LogP contribution in [0.1, 0.15) is 38.7 Å². The second-order valence-corrected chi connectivity index (χ2v) is 6.26. The van der Waals surface area contributed by atoms with E-state index in [9.17, 15) is 18.8 Å². The van der Waals surface area contributed by atoms with E-state index in [2.05, 4.69) is 10.6 Å². The van der Waals surface area contributed by atoms with Gasteiger partial charge in [-0.2, -0.15) is 0 Å². The smallest absolute Gasteiger partial charge is 0.324 e. The van der Waals surface area contributed by atoms with E-state index >= 15 is 0 Å². The molecule has 6 nitrogen and oxygen atoms in total. The minimum atomic E-state index is -0.959. The van der Waals surface area contributed by atoms with Crippen LogP contribution in [0, 0.1) is 12.7 Å². The summed E-state index contributed by atoms with van der Waals surface area (Å²) in [6.07, 6.45) is 2.24. The van der Waals surface area contributed by atoms with E-state index in [1.165, 1.54) is 18.2 Å². The molecular formula is C17H22FN3O3. The first-order chi connectivity index (χ1) is 11.3. The van der Waals surface area contributed by atoms with E-state index in [1.807, 2.05) is 6.92 Å². The monoisotopic (exact) mass is 335 g/mol. The van der Waals surface area contributed by atoms with E-state index < -0.39 is 29.2 Å². The van der Waals surface area contributed by atoms with Crippen LogP contribution in [0.4, 0.5) is 14.9 Å². The normalized spacial score (nSPS) is 20.2. The number of halogens is 1. The van der Waals surface area contributed by atoms with E-state index in [0.29, 0.717) is 17.7 Å². The Morgan fingerprint density at radius 1 is 1.38 bits per heavy atom. The lowest BCUT2D eigenvalue weighted by Gasteiger charge is -2.21. The summed E-state index contributed by atoms with van der Waals surface area (Å²) in [4.78, 5) is 37.5. The molecule has 0 unspecified atom stereocenters. The Bertz CT molecular complexity index is 677. The largest absolute Gasteiger partial charge is 0.325 e. The van der Waals surface area contributed by atoms with Gasteiger partial charge in [0.05, 0.1) is 0 Å². The molecular weight excluding hydrogens is 313 g/mol. The van der Waals surface area contributed by atoms with Gasteiger partial charge in [-0.25, -0.2) is 9.18 Å². The van der Waals surface area contributed by atoms with E-state index in [1.54, 1.807) is 13.8 Å². The zero-order valence-corrected chi connectivity index (χ0v) is 14.1. The van der Waals surface area contributed by atoms with Gasteiger partial charge < -0.3 is 10.6 Å². The number of unbranched alkanes of at least 4 members (excludes halogenated alkanes) is 1. The molecule has 1 aromatic carbocycles. The highest BCUT2D eigenvalue weighted by Crippen LogP contribution is 2.23. The Labute approximate surface area is 140 Å². The van der Waals surface area contributed by atoms with Gasteiger partial charge in [-0.15, -0.1) is 0 Å². The van der Waals surface area contributed by atoms with Crippen molar-refractivity contribution in [2.75, 3.05) is 11.9 Å². The van der Waals surface area contributed by atoms with Crippen LogP contribution in [0.5, 0.6) is 0 Å². The molecule has 1 aromatic rings. The lowest BCUT2D eigenvalue weighted by molar-refractivity contribution is -0.133. The van der Waals surface area contributed by atoms with Crippen LogP contribution in [0.2, 0.25) is 0 Å². The Morgan fingerprint density at radius 2 is 2.08 bits per heavy atom. The summed E-state index contributed by atoms with van der Waals surface area (Å²) in [5, 5.41) is 5.26. The van der Waals surface area contributed by atoms with E-state index in [-0.39, 0.29) is 6.54 Å². The average molecular weight is 335 g/mol. The Kier molecular flexibility index (Phi) is 5.21. The van der Waals surface area contributed by atoms with Gasteiger partial charge in [0.1, 0.15) is 17.9 Å². The number of urea groups is 1. The van der Waals surface area contributed by atoms with Gasteiger partial charge in [0.25, 0.3) is 5.91 Å². The fraction of sp³-hybridized carbons (Fsp3) is 0.471. The van der Waals surface area contributed by atoms with Crippen LogP contribution in [0.25, 0.3) is 0 Å². The van der Waals surface area contributed by atoms with Crippen molar-refractivity contribution in [2.24, 2.45) is 0 Å². The van der Waals surface area contributed by atoms with Crippen molar-refractivity contribution in [1.82, 2.24) is 10.2 Å². The second-order valence-electron chi connectivity index (χ2n) is 6.26. The first kappa shape index (κ1) is 17.9. The van der Waals surface area contributed by atoms with Crippen molar-refractivity contribution in [3.05, 3.63) is 29.6 Å². The van der Waals surface area contributed by atoms with Gasteiger partial charge in [0.2, 0.25) is 5.91 Å². The fourth-order valence-electron chi connectivity index (χ4n) is 2.69. The minimum absolute atomic E-state index is 0.372. The van der Waals surface area contributed by atoms with Crippen molar-refractivity contribution in [2.45, 2.75) is 45.6 Å². The van der Waals surface area contributed by atoms with Gasteiger partial charge in [0, 0.05) is 5.69 Å². The number of hydrogen-bond donors (Lipinski definition) is 2. The van der Waals surface area contributed by atoms with Crippen LogP contribution >= 0.6 is 0 Å². The zero-order chi connectivity index (χ0) is 17.9. The molecule has 1 aliphatic heterocycles. The summed E-state index contributed by atoms with van der Waals surface area (Å²) in [6.45, 7) is 4.96. The van der Waals surface area contributed by atoms with E-state index in [4.69, 9.17) is 0 Å². The number of anilines is 1. The maximum atomic E-state index is 13.1. The topological polar surface area (TPSA) is 78.5 Å². The van der Waals surface area contributed by atoms with Gasteiger partial charge in [0.15, 0.2) is 0 Å². The molecule has 2 rings (SSSR count). The number of carbonyl (C=O) groups is 3. The molecule has 0 spiro atoms. The lowest BCUT2D eigenvalue weighted by atomic mass is 9.95. The molecule has 2 N–H and O–H groups in total. The molecule has 0 aromatic heterocycles. The number of benzene rings is 1. The lowest BCUT2D eigenvalue weighted by Crippen LogP contribution is -2.44. The standard InChI is InChI=1S/C17H22FN3O3/c1-4-5-8-17(3)15(23)21(16(24)20-17)10-14(22)19-13-7-6-12(18)9-11(13)2/h6-7,9H,4-5,8,10H2,1-3H3,(H,19,22)(H,20,24)/t17-/m0/s1. The third-order valence-electron chi connectivity index (χ3n) is 4.14. The summed E-state index contributed by atoms with van der Waals surface area (Å²) in [5.74, 6) is -1.30. The number of imide groups is 1. The van der Waals surface area contributed by atoms with E-state index in [0.717, 1.165) is 17.7 Å². The Morgan fingerprint density at radius 3 is 2.71 bits per heavy atom. The SMILES string of the molecule is CCCC[C@]1(C)NC(=O)N(CC(=O)Nc2ccc(F)cc2C)C1=O. The molecule has 1 fully saturated rings. The first-order valence-electron chi connectivity index (χ1n) is 7.97. The summed E-state index contributed by atoms with van der Waals surface area (Å²) >= 11 is 0. The predicted octanol–water partition coefficient (Wildman–Crippen LogP) is 2.57. The molecule has 130 valence electrons. The van der Waals surface area contributed by atoms with Crippen molar-refractivity contribution >= 4 is 23.5 Å². The van der Waals surface area contributed by atoms with Crippen LogP contribution in [0.15, 0.2) is 18.2 Å². The number of amides is 4. The molecule has 0 radical (unpaired) electrons. The summed E-state index contributed by atoms with van der Waals surface area (Å²) in [6, 6.07) is 3.41. The van der Waals surface area contributed by atoms with Crippen molar-refractivity contribution < 1.29 is 18.8 Å². The van der Waals surface area contributed by atoms with Crippen molar-refractivity contribution in [1.29, 1.82) is 0 Å². The molecule has 7 heteroatoms. The molecule has 1 aliphatic rings. The number of nitrogens with one attached hydrogen (secondary N) is 2. The summed E-state index contributed by atoms with van der Waals surface area (Å²) < 4.78 is 13.1. The minimum Gasteiger partial charge on any atom is -0.324 e. The summed E-state index contributed by atoms with van der Waals surface area (Å²) in [5.41, 5.74) is 0.0506. The first-order valence-corrected chi connectivity index (χ1v) is 7.97. The highest BCUT2D eigenvalue weighted by atomic mass is 19.1. The summed E-state index contributed by atoms with van der Waals surface area (Å²) in [7, 11) is 0. The van der Waals surface area contributed by atoms with Gasteiger partial charge in [-0.1, -0.05) is 19.8 Å². The fourth-order valence-corrected chi connectivity index (χ4v) is 2.69. The predicted molar refractivity (Wildman–Crippen MR) is 87.9 cm³/mol. The van der Waals surface area contributed by atoms with Gasteiger partial charge in [-0.05, 0) is 44.0 Å². The van der Waals surface area contributed by atoms with Crippen LogP contribution in [0.3, 0.4) is 0 Å². The molecule has 1 atom stereocenters. The maximum absolute atomic E-state index is 13.1. The second kappa shape index (κ2) is 6.98. The van der Waals surface area contributed by atoms with Crippen LogP contribution in [-0.4, -0.2) is 34.8 Å². The van der Waals surface area contributed by atoms with Crippen LogP contribution in [-0.2, 0) is 9.59 Å². The quantitative estimate of drug-likeness (QED) is 0.784. The molecule has 0 bridgehead atoms. The molecule has 1 heterocycles. The zero-order valence-electron chi connectivity index (χ0n) is 14.1. The average Bonchev–Trinajstić information content (AvgIpc) is 2.72. The number of rotatable bonds is 6. The number of carbonyl (C=O) groups excluding carboxylic acids is 3. The molecule has 1 saturated heterocycles. The van der Waals surface area contributed by atoms with Crippen LogP contribution < -0.4 is 10.6 Å². The van der Waals surface area contributed by atoms with Gasteiger partial charge >= 0.3 is 6.03 Å².